The Bertz CT molecular complexity index is 360. The highest BCUT2D eigenvalue weighted by Gasteiger charge is 2.28. The van der Waals surface area contributed by atoms with E-state index in [0.29, 0.717) is 12.1 Å². The normalized spacial score (nSPS) is 21.2. The van der Waals surface area contributed by atoms with Crippen LogP contribution in [0.2, 0.25) is 0 Å². The van der Waals surface area contributed by atoms with Crippen molar-refractivity contribution in [2.45, 2.75) is 44.4 Å². The number of hydrogen-bond acceptors (Lipinski definition) is 3. The zero-order valence-corrected chi connectivity index (χ0v) is 12.1. The second-order valence-corrected chi connectivity index (χ2v) is 5.38. The molecule has 106 valence electrons. The largest absolute Gasteiger partial charge is 0.381 e. The van der Waals surface area contributed by atoms with Crippen LogP contribution in [0.3, 0.4) is 0 Å². The third-order valence-electron chi connectivity index (χ3n) is 4.30. The summed E-state index contributed by atoms with van der Waals surface area (Å²) in [4.78, 5) is 2.53. The van der Waals surface area contributed by atoms with Crippen molar-refractivity contribution in [2.24, 2.45) is 5.73 Å². The second-order valence-electron chi connectivity index (χ2n) is 5.38. The Kier molecular flexibility index (Phi) is 5.37. The second kappa shape index (κ2) is 7.04. The zero-order valence-electron chi connectivity index (χ0n) is 12.1. The molecule has 1 aliphatic heterocycles. The summed E-state index contributed by atoms with van der Waals surface area (Å²) >= 11 is 0. The Morgan fingerprint density at radius 1 is 1.26 bits per heavy atom. The molecule has 19 heavy (non-hydrogen) atoms. The van der Waals surface area contributed by atoms with Crippen LogP contribution in [-0.2, 0) is 4.74 Å². The third kappa shape index (κ3) is 3.56. The number of hydrogen-bond donors (Lipinski definition) is 1. The Labute approximate surface area is 116 Å². The number of methoxy groups -OCH3 is 1. The molecule has 2 unspecified atom stereocenters. The highest BCUT2D eigenvalue weighted by Crippen LogP contribution is 2.24. The molecule has 1 fully saturated rings. The predicted octanol–water partition coefficient (Wildman–Crippen LogP) is 2.58. The molecule has 1 aromatic rings. The van der Waals surface area contributed by atoms with Gasteiger partial charge in [-0.25, -0.2) is 0 Å². The maximum Gasteiger partial charge on any atom is 0.0595 e. The number of likely N-dealkylation sites (tertiary alicyclic amines) is 1. The summed E-state index contributed by atoms with van der Waals surface area (Å²) < 4.78 is 5.44. The molecule has 0 saturated carbocycles. The lowest BCUT2D eigenvalue weighted by molar-refractivity contribution is 0.0221. The first-order valence-electron chi connectivity index (χ1n) is 7.33. The Morgan fingerprint density at radius 2 is 1.89 bits per heavy atom. The number of ether oxygens (including phenoxy) is 1. The van der Waals surface area contributed by atoms with Crippen LogP contribution < -0.4 is 5.73 Å². The van der Waals surface area contributed by atoms with E-state index in [9.17, 15) is 0 Å². The van der Waals surface area contributed by atoms with Gasteiger partial charge in [0.05, 0.1) is 6.10 Å². The highest BCUT2D eigenvalue weighted by molar-refractivity contribution is 5.20. The fourth-order valence-corrected chi connectivity index (χ4v) is 3.08. The van der Waals surface area contributed by atoms with Gasteiger partial charge in [0.1, 0.15) is 0 Å². The van der Waals surface area contributed by atoms with E-state index in [1.807, 2.05) is 13.2 Å². The summed E-state index contributed by atoms with van der Waals surface area (Å²) in [6.45, 7) is 4.42. The molecule has 0 spiro atoms. The monoisotopic (exact) mass is 262 g/mol. The van der Waals surface area contributed by atoms with E-state index in [4.69, 9.17) is 10.5 Å². The van der Waals surface area contributed by atoms with Crippen molar-refractivity contribution in [1.29, 1.82) is 0 Å². The SMILES string of the molecule is CCC(C(N)c1ccccc1)N1CCC(OC)CC1. The minimum Gasteiger partial charge on any atom is -0.381 e. The van der Waals surface area contributed by atoms with Gasteiger partial charge < -0.3 is 10.5 Å². The van der Waals surface area contributed by atoms with Gasteiger partial charge in [-0.1, -0.05) is 37.3 Å². The topological polar surface area (TPSA) is 38.5 Å². The van der Waals surface area contributed by atoms with Crippen LogP contribution in [0.4, 0.5) is 0 Å². The van der Waals surface area contributed by atoms with Gasteiger partial charge in [0, 0.05) is 32.3 Å². The number of nitrogens with two attached hydrogens (primary N) is 1. The van der Waals surface area contributed by atoms with Crippen LogP contribution in [0.1, 0.15) is 37.8 Å². The third-order valence-corrected chi connectivity index (χ3v) is 4.30. The van der Waals surface area contributed by atoms with Gasteiger partial charge in [-0.3, -0.25) is 4.90 Å². The fourth-order valence-electron chi connectivity index (χ4n) is 3.08. The van der Waals surface area contributed by atoms with Crippen molar-refractivity contribution in [3.8, 4) is 0 Å². The van der Waals surface area contributed by atoms with Crippen LogP contribution in [0, 0.1) is 0 Å². The molecule has 0 amide bonds. The van der Waals surface area contributed by atoms with E-state index < -0.39 is 0 Å². The van der Waals surface area contributed by atoms with Crippen LogP contribution in [0.25, 0.3) is 0 Å². The van der Waals surface area contributed by atoms with Crippen LogP contribution in [0.5, 0.6) is 0 Å². The van der Waals surface area contributed by atoms with Crippen LogP contribution in [0.15, 0.2) is 30.3 Å². The maximum absolute atomic E-state index is 6.47. The van der Waals surface area contributed by atoms with E-state index in [2.05, 4.69) is 36.1 Å². The molecule has 2 atom stereocenters. The summed E-state index contributed by atoms with van der Waals surface area (Å²) in [5.41, 5.74) is 7.71. The van der Waals surface area contributed by atoms with Crippen molar-refractivity contribution in [1.82, 2.24) is 4.90 Å². The maximum atomic E-state index is 6.47. The summed E-state index contributed by atoms with van der Waals surface area (Å²) in [7, 11) is 1.81. The van der Waals surface area contributed by atoms with Crippen molar-refractivity contribution >= 4 is 0 Å². The van der Waals surface area contributed by atoms with Gasteiger partial charge in [0.15, 0.2) is 0 Å². The minimum atomic E-state index is 0.102. The minimum absolute atomic E-state index is 0.102. The molecular weight excluding hydrogens is 236 g/mol. The summed E-state index contributed by atoms with van der Waals surface area (Å²) in [5, 5.41) is 0. The van der Waals surface area contributed by atoms with Gasteiger partial charge in [-0.05, 0) is 24.8 Å². The molecule has 1 saturated heterocycles. The molecule has 2 rings (SSSR count). The van der Waals surface area contributed by atoms with Gasteiger partial charge in [0.2, 0.25) is 0 Å². The van der Waals surface area contributed by atoms with Crippen molar-refractivity contribution in [3.63, 3.8) is 0 Å². The quantitative estimate of drug-likeness (QED) is 0.886. The molecule has 0 aromatic heterocycles. The Balaban J connectivity index is 2.00. The Hall–Kier alpha value is -0.900. The number of benzene rings is 1. The first-order valence-corrected chi connectivity index (χ1v) is 7.33. The fraction of sp³-hybridized carbons (Fsp3) is 0.625. The number of rotatable bonds is 5. The first kappa shape index (κ1) is 14.5. The summed E-state index contributed by atoms with van der Waals surface area (Å²) in [6, 6.07) is 11.0. The number of piperidine rings is 1. The van der Waals surface area contributed by atoms with Gasteiger partial charge in [-0.15, -0.1) is 0 Å². The standard InChI is InChI=1S/C16H26N2O/c1-3-15(16(17)13-7-5-4-6-8-13)18-11-9-14(19-2)10-12-18/h4-8,14-16H,3,9-12,17H2,1-2H3. The van der Waals surface area contributed by atoms with Gasteiger partial charge in [0.25, 0.3) is 0 Å². The zero-order chi connectivity index (χ0) is 13.7. The van der Waals surface area contributed by atoms with E-state index in [0.717, 1.165) is 32.4 Å². The predicted molar refractivity (Wildman–Crippen MR) is 79.1 cm³/mol. The van der Waals surface area contributed by atoms with E-state index in [1.54, 1.807) is 0 Å². The first-order chi connectivity index (χ1) is 9.26. The molecule has 2 N–H and O–H groups in total. The average Bonchev–Trinajstić information content (AvgIpc) is 2.49. The smallest absolute Gasteiger partial charge is 0.0595 e. The van der Waals surface area contributed by atoms with Crippen molar-refractivity contribution in [3.05, 3.63) is 35.9 Å². The number of nitrogens with zero attached hydrogens (tertiary/aromatic N) is 1. The van der Waals surface area contributed by atoms with E-state index in [-0.39, 0.29) is 6.04 Å². The van der Waals surface area contributed by atoms with Gasteiger partial charge >= 0.3 is 0 Å². The summed E-state index contributed by atoms with van der Waals surface area (Å²) in [6.07, 6.45) is 3.76. The van der Waals surface area contributed by atoms with Crippen LogP contribution in [-0.4, -0.2) is 37.2 Å². The van der Waals surface area contributed by atoms with Crippen LogP contribution >= 0.6 is 0 Å². The molecule has 1 aromatic carbocycles. The van der Waals surface area contributed by atoms with E-state index in [1.165, 1.54) is 5.56 Å². The van der Waals surface area contributed by atoms with Gasteiger partial charge in [-0.2, -0.15) is 0 Å². The van der Waals surface area contributed by atoms with Crippen molar-refractivity contribution < 1.29 is 4.74 Å². The molecule has 3 nitrogen and oxygen atoms in total. The summed E-state index contributed by atoms with van der Waals surface area (Å²) in [5.74, 6) is 0. The lowest BCUT2D eigenvalue weighted by Crippen LogP contribution is -2.47. The molecule has 3 heteroatoms. The molecule has 1 heterocycles. The lowest BCUT2D eigenvalue weighted by atomic mass is 9.94. The molecule has 0 bridgehead atoms. The van der Waals surface area contributed by atoms with Crippen molar-refractivity contribution in [2.75, 3.05) is 20.2 Å². The molecular formula is C16H26N2O. The molecule has 0 radical (unpaired) electrons. The molecule has 1 aliphatic rings. The van der Waals surface area contributed by atoms with E-state index >= 15 is 0 Å². The Morgan fingerprint density at radius 3 is 2.42 bits per heavy atom. The lowest BCUT2D eigenvalue weighted by Gasteiger charge is -2.39. The highest BCUT2D eigenvalue weighted by atomic mass is 16.5. The molecule has 0 aliphatic carbocycles. The average molecular weight is 262 g/mol.